The van der Waals surface area contributed by atoms with Crippen molar-refractivity contribution < 1.29 is 0 Å². The van der Waals surface area contributed by atoms with Gasteiger partial charge >= 0.3 is 0 Å². The van der Waals surface area contributed by atoms with Crippen molar-refractivity contribution in [1.29, 1.82) is 0 Å². The van der Waals surface area contributed by atoms with Crippen molar-refractivity contribution >= 4 is 29.0 Å². The van der Waals surface area contributed by atoms with E-state index in [9.17, 15) is 4.79 Å². The minimum atomic E-state index is -0.0851. The molecule has 134 valence electrons. The van der Waals surface area contributed by atoms with E-state index in [1.807, 2.05) is 35.0 Å². The Labute approximate surface area is 155 Å². The molecule has 1 aliphatic heterocycles. The first kappa shape index (κ1) is 16.8. The molecule has 0 spiro atoms. The first-order valence-corrected chi connectivity index (χ1v) is 8.57. The number of nitrogens with one attached hydrogen (secondary N) is 2. The number of hydrogen-bond donors (Lipinski definition) is 2. The molecule has 0 amide bonds. The number of benzene rings is 1. The number of halogens is 1. The Kier molecular flexibility index (Phi) is 4.26. The van der Waals surface area contributed by atoms with Gasteiger partial charge in [-0.3, -0.25) is 4.79 Å². The summed E-state index contributed by atoms with van der Waals surface area (Å²) in [6.45, 7) is 1.94. The zero-order valence-electron chi connectivity index (χ0n) is 14.1. The summed E-state index contributed by atoms with van der Waals surface area (Å²) in [4.78, 5) is 15.3. The van der Waals surface area contributed by atoms with Crippen molar-refractivity contribution in [3.63, 3.8) is 0 Å². The number of fused-ring (bicyclic) bond motifs is 3. The van der Waals surface area contributed by atoms with E-state index in [2.05, 4.69) is 15.4 Å². The number of aromatic nitrogens is 5. The Balaban J connectivity index is 0.00000168. The SMILES string of the molecule is Cl.O=c1cc(C2CCNCC2)n2nc3cccc(-n4cccn4)c3c2[nH]1. The number of aromatic amines is 1. The van der Waals surface area contributed by atoms with Crippen LogP contribution in [-0.4, -0.2) is 37.5 Å². The summed E-state index contributed by atoms with van der Waals surface area (Å²) in [5.41, 5.74) is 3.41. The van der Waals surface area contributed by atoms with Crippen LogP contribution in [0, 0.1) is 0 Å². The maximum Gasteiger partial charge on any atom is 0.251 e. The van der Waals surface area contributed by atoms with Gasteiger partial charge in [-0.15, -0.1) is 12.4 Å². The first-order chi connectivity index (χ1) is 12.3. The van der Waals surface area contributed by atoms with Crippen molar-refractivity contribution in [3.8, 4) is 5.69 Å². The lowest BCUT2D eigenvalue weighted by atomic mass is 9.94. The molecule has 1 fully saturated rings. The third kappa shape index (κ3) is 2.60. The molecule has 0 bridgehead atoms. The highest BCUT2D eigenvalue weighted by Crippen LogP contribution is 2.29. The number of rotatable bonds is 2. The van der Waals surface area contributed by atoms with E-state index in [-0.39, 0.29) is 18.0 Å². The molecule has 26 heavy (non-hydrogen) atoms. The van der Waals surface area contributed by atoms with Gasteiger partial charge in [0.1, 0.15) is 5.65 Å². The zero-order chi connectivity index (χ0) is 16.8. The molecule has 4 heterocycles. The average molecular weight is 371 g/mol. The second kappa shape index (κ2) is 6.59. The summed E-state index contributed by atoms with van der Waals surface area (Å²) < 4.78 is 3.72. The minimum Gasteiger partial charge on any atom is -0.317 e. The lowest BCUT2D eigenvalue weighted by molar-refractivity contribution is 0.446. The Morgan fingerprint density at radius 3 is 2.77 bits per heavy atom. The maximum atomic E-state index is 12.4. The molecule has 1 aliphatic rings. The first-order valence-electron chi connectivity index (χ1n) is 8.57. The third-order valence-electron chi connectivity index (χ3n) is 4.95. The van der Waals surface area contributed by atoms with Gasteiger partial charge in [0.05, 0.1) is 22.3 Å². The molecule has 1 aromatic carbocycles. The molecule has 1 saturated heterocycles. The van der Waals surface area contributed by atoms with Gasteiger partial charge in [0.25, 0.3) is 5.56 Å². The van der Waals surface area contributed by atoms with E-state index >= 15 is 0 Å². The van der Waals surface area contributed by atoms with Gasteiger partial charge < -0.3 is 10.3 Å². The van der Waals surface area contributed by atoms with E-state index in [1.165, 1.54) is 0 Å². The molecule has 4 aromatic rings. The van der Waals surface area contributed by atoms with E-state index in [4.69, 9.17) is 5.10 Å². The largest absolute Gasteiger partial charge is 0.317 e. The van der Waals surface area contributed by atoms with E-state index < -0.39 is 0 Å². The lowest BCUT2D eigenvalue weighted by Gasteiger charge is -2.23. The van der Waals surface area contributed by atoms with Crippen molar-refractivity contribution in [2.45, 2.75) is 18.8 Å². The van der Waals surface area contributed by atoms with Gasteiger partial charge in [-0.05, 0) is 44.1 Å². The van der Waals surface area contributed by atoms with Crippen molar-refractivity contribution in [2.75, 3.05) is 13.1 Å². The molecule has 2 N–H and O–H groups in total. The summed E-state index contributed by atoms with van der Waals surface area (Å²) >= 11 is 0. The molecule has 0 saturated carbocycles. The topological polar surface area (TPSA) is 80.0 Å². The molecule has 3 aromatic heterocycles. The zero-order valence-corrected chi connectivity index (χ0v) is 14.9. The molecule has 8 heteroatoms. The quantitative estimate of drug-likeness (QED) is 0.567. The predicted octanol–water partition coefficient (Wildman–Crippen LogP) is 2.25. The summed E-state index contributed by atoms with van der Waals surface area (Å²) in [6, 6.07) is 9.51. The van der Waals surface area contributed by atoms with Gasteiger partial charge in [0.15, 0.2) is 0 Å². The van der Waals surface area contributed by atoms with Gasteiger partial charge in [-0.2, -0.15) is 10.2 Å². The van der Waals surface area contributed by atoms with Crippen LogP contribution >= 0.6 is 12.4 Å². The van der Waals surface area contributed by atoms with Crippen LogP contribution in [0.2, 0.25) is 0 Å². The van der Waals surface area contributed by atoms with Crippen molar-refractivity contribution in [2.24, 2.45) is 0 Å². The second-order valence-electron chi connectivity index (χ2n) is 6.47. The molecule has 0 atom stereocenters. The fourth-order valence-electron chi connectivity index (χ4n) is 3.78. The standard InChI is InChI=1S/C18H18N6O.ClH/c25-16-11-15(12-5-8-19-9-6-12)24-18(21-16)17-13(22-24)3-1-4-14(17)23-10-2-7-20-23;/h1-4,7,10-12,19H,5-6,8-9H2,(H,21,25);1H. The van der Waals surface area contributed by atoms with Crippen LogP contribution in [0.25, 0.3) is 22.2 Å². The Hall–Kier alpha value is -2.64. The number of hydrogen-bond acceptors (Lipinski definition) is 4. The Morgan fingerprint density at radius 1 is 1.15 bits per heavy atom. The van der Waals surface area contributed by atoms with Crippen molar-refractivity contribution in [3.05, 3.63) is 58.8 Å². The van der Waals surface area contributed by atoms with Crippen LogP contribution in [-0.2, 0) is 0 Å². The molecule has 0 unspecified atom stereocenters. The van der Waals surface area contributed by atoms with Crippen LogP contribution in [0.3, 0.4) is 0 Å². The molecule has 5 rings (SSSR count). The molecular formula is C18H19ClN6O. The molecular weight excluding hydrogens is 352 g/mol. The van der Waals surface area contributed by atoms with Crippen LogP contribution in [0.5, 0.6) is 0 Å². The number of nitrogens with zero attached hydrogens (tertiary/aromatic N) is 4. The van der Waals surface area contributed by atoms with Gasteiger partial charge in [0.2, 0.25) is 0 Å². The summed E-state index contributed by atoms with van der Waals surface area (Å²) in [5.74, 6) is 0.341. The number of piperidine rings is 1. The predicted molar refractivity (Wildman–Crippen MR) is 103 cm³/mol. The average Bonchev–Trinajstić information content (AvgIpc) is 3.29. The van der Waals surface area contributed by atoms with Gasteiger partial charge in [-0.1, -0.05) is 6.07 Å². The van der Waals surface area contributed by atoms with E-state index in [0.29, 0.717) is 5.92 Å². The highest BCUT2D eigenvalue weighted by molar-refractivity contribution is 5.98. The lowest BCUT2D eigenvalue weighted by Crippen LogP contribution is -2.28. The summed E-state index contributed by atoms with van der Waals surface area (Å²) in [5, 5.41) is 13.4. The summed E-state index contributed by atoms with van der Waals surface area (Å²) in [7, 11) is 0. The Morgan fingerprint density at radius 2 is 2.00 bits per heavy atom. The van der Waals surface area contributed by atoms with Gasteiger partial charge in [-0.25, -0.2) is 9.20 Å². The minimum absolute atomic E-state index is 0. The molecule has 7 nitrogen and oxygen atoms in total. The van der Waals surface area contributed by atoms with E-state index in [0.717, 1.165) is 53.9 Å². The van der Waals surface area contributed by atoms with E-state index in [1.54, 1.807) is 16.9 Å². The van der Waals surface area contributed by atoms with Crippen LogP contribution < -0.4 is 10.9 Å². The fraction of sp³-hybridized carbons (Fsp3) is 0.278. The third-order valence-corrected chi connectivity index (χ3v) is 4.95. The van der Waals surface area contributed by atoms with Gasteiger partial charge in [0, 0.05) is 24.4 Å². The van der Waals surface area contributed by atoms with Crippen LogP contribution in [0.1, 0.15) is 24.5 Å². The smallest absolute Gasteiger partial charge is 0.251 e. The van der Waals surface area contributed by atoms with Crippen LogP contribution in [0.15, 0.2) is 47.5 Å². The van der Waals surface area contributed by atoms with Crippen LogP contribution in [0.4, 0.5) is 0 Å². The molecule has 0 radical (unpaired) electrons. The fourth-order valence-corrected chi connectivity index (χ4v) is 3.78. The monoisotopic (exact) mass is 370 g/mol. The normalized spacial score (nSPS) is 15.4. The number of H-pyrrole nitrogens is 1. The second-order valence-corrected chi connectivity index (χ2v) is 6.47. The summed E-state index contributed by atoms with van der Waals surface area (Å²) in [6.07, 6.45) is 5.67. The highest BCUT2D eigenvalue weighted by Gasteiger charge is 2.21. The maximum absolute atomic E-state index is 12.4. The van der Waals surface area contributed by atoms with Crippen molar-refractivity contribution in [1.82, 2.24) is 29.7 Å². The Bertz CT molecular complexity index is 1110. The molecule has 0 aliphatic carbocycles. The highest BCUT2D eigenvalue weighted by atomic mass is 35.5.